The molecule has 0 bridgehead atoms. The number of hydrogen-bond acceptors (Lipinski definition) is 4. The van der Waals surface area contributed by atoms with E-state index in [1.54, 1.807) is 0 Å². The molecule has 4 N–H and O–H groups in total. The average molecular weight is 344 g/mol. The molecule has 6 nitrogen and oxygen atoms in total. The number of H-pyrrole nitrogens is 2. The van der Waals surface area contributed by atoms with Crippen molar-refractivity contribution in [3.8, 4) is 5.75 Å². The van der Waals surface area contributed by atoms with E-state index in [0.717, 1.165) is 16.6 Å². The fourth-order valence-corrected chi connectivity index (χ4v) is 2.21. The molecule has 0 spiro atoms. The van der Waals surface area contributed by atoms with Crippen LogP contribution >= 0.6 is 12.4 Å². The second-order valence-electron chi connectivity index (χ2n) is 6.74. The lowest BCUT2D eigenvalue weighted by molar-refractivity contribution is 0.101. The number of fused-ring (bicyclic) bond motifs is 1. The molecule has 0 saturated carbocycles. The number of aryl methyl sites for hydroxylation is 2. The highest BCUT2D eigenvalue weighted by Gasteiger charge is 2.15. The van der Waals surface area contributed by atoms with Gasteiger partial charge in [-0.05, 0) is 51.8 Å². The van der Waals surface area contributed by atoms with Gasteiger partial charge in [0.15, 0.2) is 0 Å². The molecule has 1 heterocycles. The molecule has 7 heteroatoms. The van der Waals surface area contributed by atoms with Crippen LogP contribution in [0.15, 0.2) is 10.9 Å². The molecule has 0 aliphatic rings. The lowest BCUT2D eigenvalue weighted by atomic mass is 10.1. The number of aliphatic hydroxyl groups excluding tert-OH is 1. The second-order valence-corrected chi connectivity index (χ2v) is 6.74. The molecule has 1 atom stereocenters. The number of rotatable bonds is 5. The first-order valence-corrected chi connectivity index (χ1v) is 7.45. The van der Waals surface area contributed by atoms with Crippen LogP contribution in [0.25, 0.3) is 11.0 Å². The van der Waals surface area contributed by atoms with Crippen molar-refractivity contribution in [3.63, 3.8) is 0 Å². The van der Waals surface area contributed by atoms with Crippen molar-refractivity contribution in [1.82, 2.24) is 15.3 Å². The van der Waals surface area contributed by atoms with Crippen molar-refractivity contribution in [1.29, 1.82) is 0 Å². The van der Waals surface area contributed by atoms with Gasteiger partial charge in [0.2, 0.25) is 0 Å². The SMILES string of the molecule is Cc1cc(OCC(O)CNC(C)(C)C)c2[nH]c(=O)[nH]c2c1C.Cl. The van der Waals surface area contributed by atoms with E-state index in [1.807, 2.05) is 40.7 Å². The molecule has 0 aliphatic carbocycles. The number of β-amino-alcohol motifs (C(OH)–C–C–N with tert-alkyl or cyclic N) is 1. The smallest absolute Gasteiger partial charge is 0.323 e. The fourth-order valence-electron chi connectivity index (χ4n) is 2.21. The maximum absolute atomic E-state index is 11.5. The Hall–Kier alpha value is -1.50. The number of benzene rings is 1. The van der Waals surface area contributed by atoms with Gasteiger partial charge in [-0.15, -0.1) is 12.4 Å². The molecule has 1 aromatic heterocycles. The molecule has 0 amide bonds. The largest absolute Gasteiger partial charge is 0.489 e. The first kappa shape index (κ1) is 19.5. The molecular formula is C16H26ClN3O3. The number of aromatic amines is 2. The van der Waals surface area contributed by atoms with E-state index in [1.165, 1.54) is 0 Å². The predicted molar refractivity (Wildman–Crippen MR) is 94.9 cm³/mol. The summed E-state index contributed by atoms with van der Waals surface area (Å²) in [6.07, 6.45) is -0.624. The highest BCUT2D eigenvalue weighted by Crippen LogP contribution is 2.27. The van der Waals surface area contributed by atoms with Gasteiger partial charge in [0.25, 0.3) is 0 Å². The van der Waals surface area contributed by atoms with E-state index < -0.39 is 6.10 Å². The predicted octanol–water partition coefficient (Wildman–Crippen LogP) is 2.02. The lowest BCUT2D eigenvalue weighted by Gasteiger charge is -2.23. The summed E-state index contributed by atoms with van der Waals surface area (Å²) in [4.78, 5) is 17.0. The van der Waals surface area contributed by atoms with Gasteiger partial charge in [-0.2, -0.15) is 0 Å². The van der Waals surface area contributed by atoms with E-state index in [0.29, 0.717) is 17.8 Å². The summed E-state index contributed by atoms with van der Waals surface area (Å²) in [6, 6.07) is 1.88. The number of nitrogens with one attached hydrogen (secondary N) is 3. The standard InChI is InChI=1S/C16H25N3O3.ClH/c1-9-6-12(14-13(10(9)2)18-15(21)19-14)22-8-11(20)7-17-16(3,4)5;/h6,11,17,20H,7-8H2,1-5H3,(H2,18,19,21);1H. The number of ether oxygens (including phenoxy) is 1. The molecule has 1 aromatic carbocycles. The van der Waals surface area contributed by atoms with Crippen molar-refractivity contribution in [2.24, 2.45) is 0 Å². The molecule has 1 unspecified atom stereocenters. The first-order valence-electron chi connectivity index (χ1n) is 7.45. The number of halogens is 1. The summed E-state index contributed by atoms with van der Waals surface area (Å²) in [6.45, 7) is 10.6. The molecule has 0 radical (unpaired) electrons. The van der Waals surface area contributed by atoms with Crippen molar-refractivity contribution in [2.45, 2.75) is 46.3 Å². The molecule has 23 heavy (non-hydrogen) atoms. The van der Waals surface area contributed by atoms with Crippen LogP contribution in [0.4, 0.5) is 0 Å². The average Bonchev–Trinajstić information content (AvgIpc) is 2.80. The number of imidazole rings is 1. The van der Waals surface area contributed by atoms with Crippen LogP contribution in [0.2, 0.25) is 0 Å². The van der Waals surface area contributed by atoms with Gasteiger partial charge >= 0.3 is 5.69 Å². The van der Waals surface area contributed by atoms with Crippen LogP contribution in [-0.4, -0.2) is 39.9 Å². The Kier molecular flexibility index (Phi) is 6.27. The Bertz CT molecular complexity index is 716. The minimum absolute atomic E-state index is 0. The van der Waals surface area contributed by atoms with E-state index in [2.05, 4.69) is 15.3 Å². The summed E-state index contributed by atoms with van der Waals surface area (Å²) in [5.74, 6) is 0.575. The fraction of sp³-hybridized carbons (Fsp3) is 0.562. The van der Waals surface area contributed by atoms with Crippen molar-refractivity contribution < 1.29 is 9.84 Å². The Morgan fingerprint density at radius 3 is 2.48 bits per heavy atom. The maximum Gasteiger partial charge on any atom is 0.323 e. The van der Waals surface area contributed by atoms with Crippen molar-refractivity contribution in [2.75, 3.05) is 13.2 Å². The summed E-state index contributed by atoms with van der Waals surface area (Å²) >= 11 is 0. The normalized spacial score (nSPS) is 13.0. The Labute approximate surface area is 142 Å². The highest BCUT2D eigenvalue weighted by molar-refractivity contribution is 5.85. The van der Waals surface area contributed by atoms with Crippen LogP contribution in [0.1, 0.15) is 31.9 Å². The van der Waals surface area contributed by atoms with E-state index in [9.17, 15) is 9.90 Å². The van der Waals surface area contributed by atoms with E-state index >= 15 is 0 Å². The highest BCUT2D eigenvalue weighted by atomic mass is 35.5. The zero-order valence-electron chi connectivity index (χ0n) is 14.2. The minimum atomic E-state index is -0.624. The van der Waals surface area contributed by atoms with Gasteiger partial charge in [0, 0.05) is 12.1 Å². The monoisotopic (exact) mass is 343 g/mol. The van der Waals surface area contributed by atoms with Gasteiger partial charge in [-0.25, -0.2) is 4.79 Å². The van der Waals surface area contributed by atoms with Gasteiger partial charge in [0.1, 0.15) is 24.0 Å². The molecule has 0 fully saturated rings. The number of aliphatic hydroxyl groups is 1. The molecular weight excluding hydrogens is 318 g/mol. The number of aromatic nitrogens is 2. The molecule has 130 valence electrons. The van der Waals surface area contributed by atoms with Crippen LogP contribution < -0.4 is 15.7 Å². The first-order chi connectivity index (χ1) is 10.2. The third-order valence-corrected chi connectivity index (χ3v) is 3.59. The van der Waals surface area contributed by atoms with Gasteiger partial charge in [-0.1, -0.05) is 0 Å². The molecule has 0 aliphatic heterocycles. The van der Waals surface area contributed by atoms with Gasteiger partial charge < -0.3 is 25.1 Å². The van der Waals surface area contributed by atoms with Crippen molar-refractivity contribution >= 4 is 23.4 Å². The summed E-state index contributed by atoms with van der Waals surface area (Å²) in [7, 11) is 0. The minimum Gasteiger partial charge on any atom is -0.489 e. The van der Waals surface area contributed by atoms with Crippen LogP contribution in [0.5, 0.6) is 5.75 Å². The Balaban J connectivity index is 0.00000264. The number of hydrogen-bond donors (Lipinski definition) is 4. The van der Waals surface area contributed by atoms with Crippen molar-refractivity contribution in [3.05, 3.63) is 27.7 Å². The summed E-state index contributed by atoms with van der Waals surface area (Å²) < 4.78 is 5.72. The maximum atomic E-state index is 11.5. The second kappa shape index (κ2) is 7.38. The zero-order valence-corrected chi connectivity index (χ0v) is 15.1. The van der Waals surface area contributed by atoms with Gasteiger partial charge in [-0.3, -0.25) is 0 Å². The topological polar surface area (TPSA) is 90.1 Å². The summed E-state index contributed by atoms with van der Waals surface area (Å²) in [5, 5.41) is 13.2. The Morgan fingerprint density at radius 2 is 1.87 bits per heavy atom. The van der Waals surface area contributed by atoms with Crippen LogP contribution in [-0.2, 0) is 0 Å². The van der Waals surface area contributed by atoms with E-state index in [4.69, 9.17) is 4.74 Å². The van der Waals surface area contributed by atoms with Gasteiger partial charge in [0.05, 0.1) is 5.52 Å². The Morgan fingerprint density at radius 1 is 1.26 bits per heavy atom. The molecule has 2 aromatic rings. The van der Waals surface area contributed by atoms with Crippen LogP contribution in [0, 0.1) is 13.8 Å². The third-order valence-electron chi connectivity index (χ3n) is 3.59. The quantitative estimate of drug-likeness (QED) is 0.668. The van der Waals surface area contributed by atoms with Crippen LogP contribution in [0.3, 0.4) is 0 Å². The molecule has 2 rings (SSSR count). The molecule has 0 saturated heterocycles. The summed E-state index contributed by atoms with van der Waals surface area (Å²) in [5.41, 5.74) is 3.12. The lowest BCUT2D eigenvalue weighted by Crippen LogP contribution is -2.42. The zero-order chi connectivity index (χ0) is 16.5. The third kappa shape index (κ3) is 4.99. The van der Waals surface area contributed by atoms with E-state index in [-0.39, 0.29) is 30.2 Å².